The van der Waals surface area contributed by atoms with Crippen LogP contribution in [0.4, 0.5) is 0 Å². The Morgan fingerprint density at radius 1 is 0.878 bits per heavy atom. The normalized spacial score (nSPS) is 12.9. The fraction of sp³-hybridized carbons (Fsp3) is 0.462. The average Bonchev–Trinajstić information content (AvgIpc) is 3.33. The van der Waals surface area contributed by atoms with Crippen molar-refractivity contribution < 1.29 is 19.2 Å². The summed E-state index contributed by atoms with van der Waals surface area (Å²) in [6, 6.07) is 4.95. The van der Waals surface area contributed by atoms with Crippen molar-refractivity contribution in [1.82, 2.24) is 20.9 Å². The minimum absolute atomic E-state index is 0.0582. The smallest absolute Gasteiger partial charge is 0.243 e. The zero-order valence-electron chi connectivity index (χ0n) is 23.2. The van der Waals surface area contributed by atoms with E-state index in [1.54, 1.807) is 6.20 Å². The standard InChI is InChI=1S/C26H41N11O4/c1-15(38)21(12-16-13-34-19-8-3-2-6-17(16)19)36-22(39)14-35-24(41)20(9-5-11-33-26(30)31)37-23(40)18(27)7-4-10-32-25(28)29/h2-3,6,8,13,18,20-21,34H,4-5,7,9-12,14,27H2,1H3,(H,35,41)(H,36,39)(H,37,40)(H4,28,29,32)(H4,30,31,33). The summed E-state index contributed by atoms with van der Waals surface area (Å²) in [4.78, 5) is 61.4. The summed E-state index contributed by atoms with van der Waals surface area (Å²) in [5.74, 6) is -2.08. The van der Waals surface area contributed by atoms with Crippen molar-refractivity contribution in [2.24, 2.45) is 38.7 Å². The van der Waals surface area contributed by atoms with E-state index in [9.17, 15) is 19.2 Å². The minimum atomic E-state index is -0.997. The maximum Gasteiger partial charge on any atom is 0.243 e. The number of nitrogens with two attached hydrogens (primary N) is 5. The van der Waals surface area contributed by atoms with Crippen molar-refractivity contribution in [3.05, 3.63) is 36.0 Å². The van der Waals surface area contributed by atoms with E-state index in [4.69, 9.17) is 28.7 Å². The number of rotatable bonds is 17. The molecule has 224 valence electrons. The van der Waals surface area contributed by atoms with Gasteiger partial charge in [0, 0.05) is 36.6 Å². The lowest BCUT2D eigenvalue weighted by Gasteiger charge is -2.21. The van der Waals surface area contributed by atoms with Crippen LogP contribution in [0.15, 0.2) is 40.4 Å². The lowest BCUT2D eigenvalue weighted by Crippen LogP contribution is -2.53. The number of amides is 3. The van der Waals surface area contributed by atoms with Crippen molar-refractivity contribution >= 4 is 46.3 Å². The van der Waals surface area contributed by atoms with E-state index in [2.05, 4.69) is 30.9 Å². The third kappa shape index (κ3) is 11.5. The Morgan fingerprint density at radius 2 is 1.51 bits per heavy atom. The van der Waals surface area contributed by atoms with Gasteiger partial charge < -0.3 is 49.6 Å². The number of guanidine groups is 2. The first kappa shape index (κ1) is 32.6. The van der Waals surface area contributed by atoms with Gasteiger partial charge >= 0.3 is 0 Å². The first-order chi connectivity index (χ1) is 19.5. The molecule has 0 saturated carbocycles. The highest BCUT2D eigenvalue weighted by Crippen LogP contribution is 2.19. The lowest BCUT2D eigenvalue weighted by atomic mass is 10.0. The number of para-hydroxylation sites is 1. The van der Waals surface area contributed by atoms with Crippen molar-refractivity contribution in [2.45, 2.75) is 57.2 Å². The molecule has 15 heteroatoms. The molecule has 14 N–H and O–H groups in total. The van der Waals surface area contributed by atoms with Gasteiger partial charge in [0.15, 0.2) is 17.7 Å². The monoisotopic (exact) mass is 571 g/mol. The van der Waals surface area contributed by atoms with Gasteiger partial charge in [-0.2, -0.15) is 0 Å². The number of nitrogens with zero attached hydrogens (tertiary/aromatic N) is 2. The Labute approximate surface area is 238 Å². The van der Waals surface area contributed by atoms with E-state index in [1.165, 1.54) is 6.92 Å². The second kappa shape index (κ2) is 16.4. The van der Waals surface area contributed by atoms with Crippen LogP contribution in [-0.4, -0.2) is 78.2 Å². The molecule has 0 radical (unpaired) electrons. The van der Waals surface area contributed by atoms with Gasteiger partial charge in [-0.05, 0) is 44.2 Å². The number of benzene rings is 1. The highest BCUT2D eigenvalue weighted by atomic mass is 16.2. The number of H-pyrrole nitrogens is 1. The van der Waals surface area contributed by atoms with Gasteiger partial charge in [0.25, 0.3) is 0 Å². The largest absolute Gasteiger partial charge is 0.370 e. The third-order valence-corrected chi connectivity index (χ3v) is 6.23. The Bertz CT molecular complexity index is 1250. The Morgan fingerprint density at radius 3 is 2.15 bits per heavy atom. The number of Topliss-reactive ketones (excluding diaryl/α,β-unsaturated/α-hetero) is 1. The Kier molecular flexibility index (Phi) is 13.1. The van der Waals surface area contributed by atoms with Crippen molar-refractivity contribution in [3.8, 4) is 0 Å². The third-order valence-electron chi connectivity index (χ3n) is 6.23. The number of ketones is 1. The molecule has 0 bridgehead atoms. The lowest BCUT2D eigenvalue weighted by molar-refractivity contribution is -0.131. The molecule has 0 aliphatic carbocycles. The molecule has 2 rings (SSSR count). The molecule has 0 spiro atoms. The number of hydrogen-bond acceptors (Lipinski definition) is 7. The highest BCUT2D eigenvalue weighted by Gasteiger charge is 2.25. The molecule has 2 aromatic rings. The fourth-order valence-electron chi connectivity index (χ4n) is 4.05. The molecule has 0 aliphatic heterocycles. The van der Waals surface area contributed by atoms with Crippen LogP contribution in [0.25, 0.3) is 10.9 Å². The van der Waals surface area contributed by atoms with E-state index >= 15 is 0 Å². The number of hydrogen-bond donors (Lipinski definition) is 9. The molecule has 3 amide bonds. The van der Waals surface area contributed by atoms with E-state index in [0.717, 1.165) is 16.5 Å². The van der Waals surface area contributed by atoms with Crippen LogP contribution < -0.4 is 44.6 Å². The molecule has 0 aliphatic rings. The van der Waals surface area contributed by atoms with Crippen LogP contribution in [0.1, 0.15) is 38.2 Å². The van der Waals surface area contributed by atoms with E-state index < -0.39 is 42.4 Å². The van der Waals surface area contributed by atoms with Gasteiger partial charge in [-0.1, -0.05) is 18.2 Å². The van der Waals surface area contributed by atoms with Crippen LogP contribution >= 0.6 is 0 Å². The van der Waals surface area contributed by atoms with E-state index in [0.29, 0.717) is 19.4 Å². The number of aromatic amines is 1. The Hall–Kier alpha value is -4.66. The predicted octanol–water partition coefficient (Wildman–Crippen LogP) is -2.18. The molecule has 1 aromatic carbocycles. The van der Waals surface area contributed by atoms with Crippen LogP contribution in [-0.2, 0) is 25.6 Å². The summed E-state index contributed by atoms with van der Waals surface area (Å²) in [5, 5.41) is 8.77. The molecule has 1 heterocycles. The summed E-state index contributed by atoms with van der Waals surface area (Å²) in [5.41, 5.74) is 29.0. The molecular formula is C26H41N11O4. The molecule has 3 unspecified atom stereocenters. The number of carbonyl (C=O) groups is 4. The number of fused-ring (bicyclic) bond motifs is 1. The predicted molar refractivity (Wildman–Crippen MR) is 157 cm³/mol. The topological polar surface area (TPSA) is 275 Å². The number of aliphatic imine (C=N–C) groups is 2. The molecule has 15 nitrogen and oxygen atoms in total. The van der Waals surface area contributed by atoms with Crippen molar-refractivity contribution in [2.75, 3.05) is 19.6 Å². The van der Waals surface area contributed by atoms with Gasteiger partial charge in [-0.15, -0.1) is 0 Å². The molecule has 0 fully saturated rings. The second-order valence-corrected chi connectivity index (χ2v) is 9.58. The van der Waals surface area contributed by atoms with Crippen LogP contribution in [0.5, 0.6) is 0 Å². The molecule has 3 atom stereocenters. The van der Waals surface area contributed by atoms with Crippen LogP contribution in [0.3, 0.4) is 0 Å². The van der Waals surface area contributed by atoms with Gasteiger partial charge in [-0.3, -0.25) is 29.2 Å². The molecule has 0 saturated heterocycles. The van der Waals surface area contributed by atoms with Gasteiger partial charge in [0.1, 0.15) is 6.04 Å². The van der Waals surface area contributed by atoms with Gasteiger partial charge in [-0.25, -0.2) is 0 Å². The highest BCUT2D eigenvalue weighted by molar-refractivity contribution is 5.93. The summed E-state index contributed by atoms with van der Waals surface area (Å²) < 4.78 is 0. The molecule has 1 aromatic heterocycles. The molecule has 41 heavy (non-hydrogen) atoms. The van der Waals surface area contributed by atoms with Gasteiger partial charge in [0.05, 0.1) is 18.6 Å². The average molecular weight is 572 g/mol. The summed E-state index contributed by atoms with van der Waals surface area (Å²) in [7, 11) is 0. The summed E-state index contributed by atoms with van der Waals surface area (Å²) in [6.07, 6.45) is 3.39. The Balaban J connectivity index is 1.96. The maximum atomic E-state index is 12.9. The molecular weight excluding hydrogens is 530 g/mol. The second-order valence-electron chi connectivity index (χ2n) is 9.58. The fourth-order valence-corrected chi connectivity index (χ4v) is 4.05. The van der Waals surface area contributed by atoms with Crippen molar-refractivity contribution in [3.63, 3.8) is 0 Å². The number of carbonyl (C=O) groups excluding carboxylic acids is 4. The number of aromatic nitrogens is 1. The van der Waals surface area contributed by atoms with Gasteiger partial charge in [0.2, 0.25) is 17.7 Å². The summed E-state index contributed by atoms with van der Waals surface area (Å²) in [6.45, 7) is 1.53. The van der Waals surface area contributed by atoms with Crippen LogP contribution in [0.2, 0.25) is 0 Å². The quantitative estimate of drug-likeness (QED) is 0.0566. The minimum Gasteiger partial charge on any atom is -0.370 e. The zero-order chi connectivity index (χ0) is 30.4. The zero-order valence-corrected chi connectivity index (χ0v) is 23.2. The van der Waals surface area contributed by atoms with E-state index in [-0.39, 0.29) is 43.5 Å². The first-order valence-electron chi connectivity index (χ1n) is 13.3. The number of nitrogens with one attached hydrogen (secondary N) is 4. The van der Waals surface area contributed by atoms with E-state index in [1.807, 2.05) is 24.3 Å². The first-order valence-corrected chi connectivity index (χ1v) is 13.3. The maximum absolute atomic E-state index is 12.9. The summed E-state index contributed by atoms with van der Waals surface area (Å²) >= 11 is 0. The SMILES string of the molecule is CC(=O)C(Cc1c[nH]c2ccccc12)NC(=O)CNC(=O)C(CCCN=C(N)N)NC(=O)C(N)CCCN=C(N)N. The van der Waals surface area contributed by atoms with Crippen LogP contribution in [0, 0.1) is 0 Å². The van der Waals surface area contributed by atoms with Crippen molar-refractivity contribution in [1.29, 1.82) is 0 Å².